The van der Waals surface area contributed by atoms with Crippen LogP contribution >= 0.6 is 0 Å². The van der Waals surface area contributed by atoms with E-state index >= 15 is 0 Å². The van der Waals surface area contributed by atoms with Gasteiger partial charge in [-0.05, 0) is 45.9 Å². The minimum absolute atomic E-state index is 0.248. The van der Waals surface area contributed by atoms with Crippen molar-refractivity contribution in [1.29, 1.82) is 0 Å². The van der Waals surface area contributed by atoms with Crippen molar-refractivity contribution in [3.05, 3.63) is 107 Å². The molecule has 0 fully saturated rings. The Labute approximate surface area is 162 Å². The molecule has 0 bridgehead atoms. The first-order valence-electron chi connectivity index (χ1n) is 9.83. The summed E-state index contributed by atoms with van der Waals surface area (Å²) in [6.45, 7) is 3.10. The zero-order chi connectivity index (χ0) is 18.5. The first-order chi connectivity index (χ1) is 13.4. The van der Waals surface area contributed by atoms with E-state index in [1.54, 1.807) is 0 Å². The molecule has 0 N–H and O–H groups in total. The highest BCUT2D eigenvalue weighted by molar-refractivity contribution is 5.95. The molecule has 1 unspecified atom stereocenters. The van der Waals surface area contributed by atoms with E-state index in [1.807, 2.05) is 0 Å². The fraction of sp³-hybridized carbons (Fsp3) is 0.192. The Morgan fingerprint density at radius 1 is 0.815 bits per heavy atom. The maximum atomic E-state index is 4.67. The predicted octanol–water partition coefficient (Wildman–Crippen LogP) is 6.59. The van der Waals surface area contributed by atoms with E-state index < -0.39 is 0 Å². The van der Waals surface area contributed by atoms with Gasteiger partial charge in [0.25, 0.3) is 0 Å². The summed E-state index contributed by atoms with van der Waals surface area (Å²) in [5.41, 5.74) is 7.91. The summed E-state index contributed by atoms with van der Waals surface area (Å²) >= 11 is 0. The summed E-state index contributed by atoms with van der Waals surface area (Å²) in [4.78, 5) is 4.67. The van der Waals surface area contributed by atoms with Crippen LogP contribution in [0.5, 0.6) is 0 Å². The molecule has 3 aromatic rings. The summed E-state index contributed by atoms with van der Waals surface area (Å²) in [6.07, 6.45) is 6.73. The largest absolute Gasteiger partial charge is 0.293 e. The minimum Gasteiger partial charge on any atom is -0.293 e. The quantitative estimate of drug-likeness (QED) is 0.351. The molecular weight excluding hydrogens is 326 g/mol. The maximum absolute atomic E-state index is 4.67. The van der Waals surface area contributed by atoms with Crippen molar-refractivity contribution in [1.82, 2.24) is 0 Å². The molecule has 0 aromatic heterocycles. The van der Waals surface area contributed by atoms with Gasteiger partial charge in [-0.1, -0.05) is 92.2 Å². The third kappa shape index (κ3) is 3.64. The van der Waals surface area contributed by atoms with E-state index in [1.165, 1.54) is 39.8 Å². The molecule has 0 radical (unpaired) electrons. The van der Waals surface area contributed by atoms with E-state index in [4.69, 9.17) is 0 Å². The van der Waals surface area contributed by atoms with E-state index in [0.29, 0.717) is 0 Å². The summed E-state index contributed by atoms with van der Waals surface area (Å²) in [6, 6.07) is 28.2. The van der Waals surface area contributed by atoms with Crippen LogP contribution in [0.3, 0.4) is 0 Å². The lowest BCUT2D eigenvalue weighted by atomic mass is 9.83. The van der Waals surface area contributed by atoms with Gasteiger partial charge in [0, 0.05) is 18.7 Å². The highest BCUT2D eigenvalue weighted by Crippen LogP contribution is 2.46. The number of hydrogen-bond acceptors (Lipinski definition) is 1. The van der Waals surface area contributed by atoms with Gasteiger partial charge in [-0.15, -0.1) is 0 Å². The lowest BCUT2D eigenvalue weighted by Gasteiger charge is -2.20. The van der Waals surface area contributed by atoms with Gasteiger partial charge in [0.05, 0.1) is 0 Å². The molecule has 0 spiro atoms. The number of benzene rings is 3. The highest BCUT2D eigenvalue weighted by Gasteiger charge is 2.28. The third-order valence-electron chi connectivity index (χ3n) is 5.21. The van der Waals surface area contributed by atoms with Gasteiger partial charge in [0.15, 0.2) is 0 Å². The summed E-state index contributed by atoms with van der Waals surface area (Å²) in [5.74, 6) is 0.248. The molecule has 1 aliphatic carbocycles. The van der Waals surface area contributed by atoms with E-state index in [0.717, 1.165) is 13.0 Å². The van der Waals surface area contributed by atoms with Gasteiger partial charge in [-0.2, -0.15) is 0 Å². The van der Waals surface area contributed by atoms with Crippen molar-refractivity contribution in [2.45, 2.75) is 25.7 Å². The molecule has 27 heavy (non-hydrogen) atoms. The number of unbranched alkanes of at least 4 members (excludes halogenated alkanes) is 1. The predicted molar refractivity (Wildman–Crippen MR) is 116 cm³/mol. The zero-order valence-corrected chi connectivity index (χ0v) is 15.8. The van der Waals surface area contributed by atoms with Crippen LogP contribution in [0.25, 0.3) is 11.6 Å². The first kappa shape index (κ1) is 17.5. The monoisotopic (exact) mass is 351 g/mol. The maximum Gasteiger partial charge on any atom is 0.0389 e. The zero-order valence-electron chi connectivity index (χ0n) is 15.8. The fourth-order valence-electron chi connectivity index (χ4n) is 3.84. The van der Waals surface area contributed by atoms with Gasteiger partial charge in [0.2, 0.25) is 0 Å². The van der Waals surface area contributed by atoms with E-state index in [2.05, 4.69) is 103 Å². The molecule has 0 saturated carbocycles. The van der Waals surface area contributed by atoms with Crippen molar-refractivity contribution in [3.63, 3.8) is 0 Å². The van der Waals surface area contributed by atoms with Crippen molar-refractivity contribution < 1.29 is 0 Å². The highest BCUT2D eigenvalue weighted by atomic mass is 14.7. The number of aliphatic imine (C=N–C) groups is 1. The molecule has 1 heteroatoms. The van der Waals surface area contributed by atoms with Crippen LogP contribution in [0, 0.1) is 0 Å². The second kappa shape index (κ2) is 8.18. The number of nitrogens with zero attached hydrogens (tertiary/aromatic N) is 1. The Kier molecular flexibility index (Phi) is 5.29. The topological polar surface area (TPSA) is 12.4 Å². The van der Waals surface area contributed by atoms with Crippen molar-refractivity contribution >= 4 is 17.9 Å². The fourth-order valence-corrected chi connectivity index (χ4v) is 3.84. The second-order valence-electron chi connectivity index (χ2n) is 7.05. The summed E-state index contributed by atoms with van der Waals surface area (Å²) < 4.78 is 0. The Morgan fingerprint density at radius 2 is 1.52 bits per heavy atom. The molecule has 1 atom stereocenters. The van der Waals surface area contributed by atoms with Crippen molar-refractivity contribution in [3.8, 4) is 0 Å². The minimum atomic E-state index is 0.248. The van der Waals surface area contributed by atoms with Crippen LogP contribution in [-0.4, -0.2) is 12.8 Å². The Morgan fingerprint density at radius 3 is 2.33 bits per heavy atom. The number of allylic oxidation sites excluding steroid dienone is 1. The molecule has 3 aromatic carbocycles. The number of hydrogen-bond donors (Lipinski definition) is 0. The van der Waals surface area contributed by atoms with Crippen LogP contribution in [-0.2, 0) is 0 Å². The molecule has 0 amide bonds. The Bertz CT molecular complexity index is 966. The Hall–Kier alpha value is -2.93. The smallest absolute Gasteiger partial charge is 0.0389 e. The molecule has 0 aliphatic heterocycles. The van der Waals surface area contributed by atoms with E-state index in [-0.39, 0.29) is 5.92 Å². The van der Waals surface area contributed by atoms with Crippen LogP contribution in [0.1, 0.15) is 53.5 Å². The average molecular weight is 351 g/mol. The SMILES string of the molecule is CCCC/N=C\c1ccccc1C1C(c2ccccc2)=Cc2ccccc21. The summed E-state index contributed by atoms with van der Waals surface area (Å²) in [5, 5.41) is 0. The van der Waals surface area contributed by atoms with Gasteiger partial charge in [-0.25, -0.2) is 0 Å². The van der Waals surface area contributed by atoms with Crippen LogP contribution in [0.4, 0.5) is 0 Å². The molecule has 134 valence electrons. The lowest BCUT2D eigenvalue weighted by Crippen LogP contribution is -2.05. The van der Waals surface area contributed by atoms with Gasteiger partial charge >= 0.3 is 0 Å². The second-order valence-corrected chi connectivity index (χ2v) is 7.05. The molecule has 1 aliphatic rings. The number of rotatable bonds is 6. The average Bonchev–Trinajstić information content (AvgIpc) is 3.12. The van der Waals surface area contributed by atoms with Gasteiger partial charge in [0.1, 0.15) is 0 Å². The van der Waals surface area contributed by atoms with Crippen molar-refractivity contribution in [2.24, 2.45) is 4.99 Å². The van der Waals surface area contributed by atoms with Crippen LogP contribution in [0.2, 0.25) is 0 Å². The molecule has 0 heterocycles. The summed E-state index contributed by atoms with van der Waals surface area (Å²) in [7, 11) is 0. The van der Waals surface area contributed by atoms with Crippen LogP contribution in [0.15, 0.2) is 83.9 Å². The van der Waals surface area contributed by atoms with Crippen LogP contribution < -0.4 is 0 Å². The molecule has 0 saturated heterocycles. The van der Waals surface area contributed by atoms with Gasteiger partial charge < -0.3 is 0 Å². The molecule has 4 rings (SSSR count). The first-order valence-corrected chi connectivity index (χ1v) is 9.83. The molecule has 1 nitrogen and oxygen atoms in total. The van der Waals surface area contributed by atoms with Gasteiger partial charge in [-0.3, -0.25) is 4.99 Å². The molecular formula is C26H25N. The standard InChI is InChI=1S/C26H25N/c1-2-3-17-27-19-22-14-8-10-16-24(22)26-23-15-9-7-13-21(23)18-25(26)20-11-5-4-6-12-20/h4-16,18-19,26H,2-3,17H2,1H3/b27-19-. The van der Waals surface area contributed by atoms with E-state index in [9.17, 15) is 0 Å². The lowest BCUT2D eigenvalue weighted by molar-refractivity contribution is 0.810. The Balaban J connectivity index is 1.79. The van der Waals surface area contributed by atoms with Crippen molar-refractivity contribution in [2.75, 3.05) is 6.54 Å². The normalized spacial score (nSPS) is 15.7. The third-order valence-corrected chi connectivity index (χ3v) is 5.21. The number of fused-ring (bicyclic) bond motifs is 1.